The van der Waals surface area contributed by atoms with Crippen LogP contribution in [0.2, 0.25) is 0 Å². The Hall–Kier alpha value is -3.26. The third kappa shape index (κ3) is 5.70. The minimum atomic E-state index is -0.896. The molecule has 0 radical (unpaired) electrons. The molecule has 0 N–H and O–H groups in total. The number of likely N-dealkylation sites (tertiary alicyclic amines) is 1. The van der Waals surface area contributed by atoms with Gasteiger partial charge in [0.25, 0.3) is 0 Å². The van der Waals surface area contributed by atoms with Crippen LogP contribution in [0.15, 0.2) is 48.5 Å². The van der Waals surface area contributed by atoms with Crippen molar-refractivity contribution in [2.24, 2.45) is 0 Å². The van der Waals surface area contributed by atoms with Gasteiger partial charge >= 0.3 is 0 Å². The molecule has 186 valence electrons. The maximum absolute atomic E-state index is 13.3. The zero-order valence-corrected chi connectivity index (χ0v) is 19.9. The standard InChI is InChI=1S/C27H32N2O6/c30-25(16-21-9-10-23-24(15-21)34-20-33-23)29-13-14-35-27(18-29,19-32-22-7-3-1-4-8-22)17-26(31)28-11-5-2-6-12-28/h1,3-4,7-10,15H,2,5-6,11-14,16-20H2. The Kier molecular flexibility index (Phi) is 7.08. The van der Waals surface area contributed by atoms with E-state index in [1.54, 1.807) is 4.90 Å². The number of rotatable bonds is 7. The molecular weight excluding hydrogens is 448 g/mol. The van der Waals surface area contributed by atoms with Crippen molar-refractivity contribution in [1.82, 2.24) is 9.80 Å². The lowest BCUT2D eigenvalue weighted by Gasteiger charge is -2.43. The Bertz CT molecular complexity index is 1040. The molecule has 1 atom stereocenters. The van der Waals surface area contributed by atoms with Gasteiger partial charge < -0.3 is 28.7 Å². The summed E-state index contributed by atoms with van der Waals surface area (Å²) in [7, 11) is 0. The molecule has 2 aromatic rings. The summed E-state index contributed by atoms with van der Waals surface area (Å²) >= 11 is 0. The van der Waals surface area contributed by atoms with Crippen LogP contribution >= 0.6 is 0 Å². The van der Waals surface area contributed by atoms with Crippen LogP contribution in [0.5, 0.6) is 17.2 Å². The average Bonchev–Trinajstić information content (AvgIpc) is 3.37. The van der Waals surface area contributed by atoms with E-state index in [2.05, 4.69) is 0 Å². The largest absolute Gasteiger partial charge is 0.490 e. The van der Waals surface area contributed by atoms with Gasteiger partial charge in [-0.05, 0) is 49.1 Å². The number of benzene rings is 2. The van der Waals surface area contributed by atoms with Crippen LogP contribution in [0.4, 0.5) is 0 Å². The molecule has 0 aliphatic carbocycles. The SMILES string of the molecule is O=C(CC1(COc2ccccc2)CN(C(=O)Cc2ccc3c(c2)OCO3)CCO1)N1CCCCC1. The highest BCUT2D eigenvalue weighted by atomic mass is 16.7. The van der Waals surface area contributed by atoms with Crippen molar-refractivity contribution in [3.63, 3.8) is 0 Å². The molecule has 3 heterocycles. The van der Waals surface area contributed by atoms with Crippen LogP contribution in [0.1, 0.15) is 31.2 Å². The van der Waals surface area contributed by atoms with Crippen LogP contribution in [0.25, 0.3) is 0 Å². The van der Waals surface area contributed by atoms with Gasteiger partial charge in [0.2, 0.25) is 18.6 Å². The highest BCUT2D eigenvalue weighted by molar-refractivity contribution is 5.80. The smallest absolute Gasteiger partial charge is 0.231 e. The lowest BCUT2D eigenvalue weighted by Crippen LogP contribution is -2.58. The number of para-hydroxylation sites is 1. The van der Waals surface area contributed by atoms with Crippen LogP contribution in [0, 0.1) is 0 Å². The van der Waals surface area contributed by atoms with Gasteiger partial charge in [0.15, 0.2) is 11.5 Å². The molecule has 2 saturated heterocycles. The van der Waals surface area contributed by atoms with Gasteiger partial charge in [-0.1, -0.05) is 24.3 Å². The van der Waals surface area contributed by atoms with Crippen molar-refractivity contribution in [3.8, 4) is 17.2 Å². The summed E-state index contributed by atoms with van der Waals surface area (Å²) in [6, 6.07) is 15.1. The number of nitrogens with zero attached hydrogens (tertiary/aromatic N) is 2. The van der Waals surface area contributed by atoms with E-state index < -0.39 is 5.60 Å². The number of hydrogen-bond acceptors (Lipinski definition) is 6. The molecule has 3 aliphatic heterocycles. The predicted molar refractivity (Wildman–Crippen MR) is 129 cm³/mol. The number of hydrogen-bond donors (Lipinski definition) is 0. The van der Waals surface area contributed by atoms with Gasteiger partial charge in [-0.15, -0.1) is 0 Å². The molecule has 0 spiro atoms. The first kappa shape index (κ1) is 23.5. The van der Waals surface area contributed by atoms with Crippen LogP contribution in [-0.4, -0.2) is 73.4 Å². The number of piperidine rings is 1. The second-order valence-corrected chi connectivity index (χ2v) is 9.43. The van der Waals surface area contributed by atoms with Crippen molar-refractivity contribution in [2.75, 3.05) is 46.2 Å². The molecule has 0 saturated carbocycles. The average molecular weight is 481 g/mol. The van der Waals surface area contributed by atoms with E-state index in [4.69, 9.17) is 18.9 Å². The van der Waals surface area contributed by atoms with E-state index in [9.17, 15) is 9.59 Å². The molecule has 2 fully saturated rings. The molecule has 8 nitrogen and oxygen atoms in total. The van der Waals surface area contributed by atoms with Crippen LogP contribution in [0.3, 0.4) is 0 Å². The molecule has 5 rings (SSSR count). The van der Waals surface area contributed by atoms with Crippen LogP contribution < -0.4 is 14.2 Å². The molecule has 2 amide bonds. The molecular formula is C27H32N2O6. The summed E-state index contributed by atoms with van der Waals surface area (Å²) < 4.78 is 23.1. The lowest BCUT2D eigenvalue weighted by molar-refractivity contribution is -0.166. The molecule has 1 unspecified atom stereocenters. The minimum absolute atomic E-state index is 0.0123. The predicted octanol–water partition coefficient (Wildman–Crippen LogP) is 3.04. The normalized spacial score (nSPS) is 21.6. The number of fused-ring (bicyclic) bond motifs is 1. The minimum Gasteiger partial charge on any atom is -0.490 e. The first-order valence-electron chi connectivity index (χ1n) is 12.4. The van der Waals surface area contributed by atoms with Crippen molar-refractivity contribution < 1.29 is 28.5 Å². The highest BCUT2D eigenvalue weighted by Gasteiger charge is 2.42. The molecule has 2 aromatic carbocycles. The topological polar surface area (TPSA) is 77.5 Å². The Labute approximate surface area is 205 Å². The second-order valence-electron chi connectivity index (χ2n) is 9.43. The first-order chi connectivity index (χ1) is 17.1. The van der Waals surface area contributed by atoms with Gasteiger partial charge in [0.1, 0.15) is 18.0 Å². The Balaban J connectivity index is 1.29. The third-order valence-electron chi connectivity index (χ3n) is 6.82. The van der Waals surface area contributed by atoms with E-state index in [0.717, 1.165) is 37.9 Å². The lowest BCUT2D eigenvalue weighted by atomic mass is 9.95. The van der Waals surface area contributed by atoms with Crippen molar-refractivity contribution in [2.45, 2.75) is 37.7 Å². The van der Waals surface area contributed by atoms with E-state index in [0.29, 0.717) is 36.9 Å². The fraction of sp³-hybridized carbons (Fsp3) is 0.481. The molecule has 3 aliphatic rings. The summed E-state index contributed by atoms with van der Waals surface area (Å²) in [5.74, 6) is 2.12. The molecule has 8 heteroatoms. The fourth-order valence-corrected chi connectivity index (χ4v) is 4.90. The number of amides is 2. The Morgan fingerprint density at radius 2 is 1.69 bits per heavy atom. The second kappa shape index (κ2) is 10.6. The molecule has 35 heavy (non-hydrogen) atoms. The van der Waals surface area contributed by atoms with Gasteiger partial charge in [-0.3, -0.25) is 9.59 Å². The van der Waals surface area contributed by atoms with Gasteiger partial charge in [0, 0.05) is 19.6 Å². The van der Waals surface area contributed by atoms with Crippen molar-refractivity contribution in [1.29, 1.82) is 0 Å². The quantitative estimate of drug-likeness (QED) is 0.606. The van der Waals surface area contributed by atoms with Gasteiger partial charge in [0.05, 0.1) is 26.0 Å². The number of ether oxygens (including phenoxy) is 4. The monoisotopic (exact) mass is 480 g/mol. The van der Waals surface area contributed by atoms with Crippen molar-refractivity contribution >= 4 is 11.8 Å². The number of carbonyl (C=O) groups excluding carboxylic acids is 2. The maximum Gasteiger partial charge on any atom is 0.231 e. The van der Waals surface area contributed by atoms with E-state index in [1.165, 1.54) is 0 Å². The summed E-state index contributed by atoms with van der Waals surface area (Å²) in [6.07, 6.45) is 3.64. The zero-order valence-electron chi connectivity index (χ0n) is 19.9. The van der Waals surface area contributed by atoms with Crippen molar-refractivity contribution in [3.05, 3.63) is 54.1 Å². The van der Waals surface area contributed by atoms with Crippen LogP contribution in [-0.2, 0) is 20.7 Å². The number of carbonyl (C=O) groups is 2. The Morgan fingerprint density at radius 1 is 0.886 bits per heavy atom. The van der Waals surface area contributed by atoms with E-state index >= 15 is 0 Å². The molecule has 0 aromatic heterocycles. The maximum atomic E-state index is 13.3. The van der Waals surface area contributed by atoms with Gasteiger partial charge in [-0.2, -0.15) is 0 Å². The molecule has 0 bridgehead atoms. The Morgan fingerprint density at radius 3 is 2.51 bits per heavy atom. The fourth-order valence-electron chi connectivity index (χ4n) is 4.90. The van der Waals surface area contributed by atoms with E-state index in [-0.39, 0.29) is 38.1 Å². The summed E-state index contributed by atoms with van der Waals surface area (Å²) in [4.78, 5) is 30.2. The van der Waals surface area contributed by atoms with E-state index in [1.807, 2.05) is 53.4 Å². The highest BCUT2D eigenvalue weighted by Crippen LogP contribution is 2.33. The number of morpholine rings is 1. The summed E-state index contributed by atoms with van der Waals surface area (Å²) in [5, 5.41) is 0. The zero-order chi connectivity index (χ0) is 24.1. The third-order valence-corrected chi connectivity index (χ3v) is 6.82. The first-order valence-corrected chi connectivity index (χ1v) is 12.4. The summed E-state index contributed by atoms with van der Waals surface area (Å²) in [6.45, 7) is 3.10. The summed E-state index contributed by atoms with van der Waals surface area (Å²) in [5.41, 5.74) is -0.0334. The van der Waals surface area contributed by atoms with Gasteiger partial charge in [-0.25, -0.2) is 0 Å².